The number of rotatable bonds is 7. The van der Waals surface area contributed by atoms with Gasteiger partial charge in [-0.05, 0) is 30.7 Å². The zero-order valence-electron chi connectivity index (χ0n) is 14.7. The van der Waals surface area contributed by atoms with Crippen molar-refractivity contribution in [1.29, 1.82) is 0 Å². The van der Waals surface area contributed by atoms with Gasteiger partial charge in [0.1, 0.15) is 0 Å². The summed E-state index contributed by atoms with van der Waals surface area (Å²) in [7, 11) is 0. The van der Waals surface area contributed by atoms with E-state index in [0.717, 1.165) is 5.69 Å². The molecule has 6 nitrogen and oxygen atoms in total. The average Bonchev–Trinajstić information content (AvgIpc) is 2.63. The summed E-state index contributed by atoms with van der Waals surface area (Å²) in [5.41, 5.74) is 1.55. The van der Waals surface area contributed by atoms with E-state index in [4.69, 9.17) is 0 Å². The molecular weight excluding hydrogens is 474 g/mol. The van der Waals surface area contributed by atoms with E-state index in [0.29, 0.717) is 24.6 Å². The Morgan fingerprint density at radius 2 is 1.96 bits per heavy atom. The SMILES string of the molecule is CCNC(=NCc1ccnc(OCC(F)(F)F)c1)NCc1ccccn1.I. The number of aromatic nitrogens is 2. The first kappa shape index (κ1) is 22.9. The van der Waals surface area contributed by atoms with Crippen molar-refractivity contribution in [3.8, 4) is 5.88 Å². The highest BCUT2D eigenvalue weighted by atomic mass is 127. The smallest absolute Gasteiger partial charge is 0.422 e. The van der Waals surface area contributed by atoms with E-state index in [9.17, 15) is 13.2 Å². The highest BCUT2D eigenvalue weighted by molar-refractivity contribution is 14.0. The Morgan fingerprint density at radius 3 is 2.63 bits per heavy atom. The van der Waals surface area contributed by atoms with Crippen LogP contribution in [0.15, 0.2) is 47.7 Å². The highest BCUT2D eigenvalue weighted by Crippen LogP contribution is 2.17. The van der Waals surface area contributed by atoms with Crippen molar-refractivity contribution in [2.45, 2.75) is 26.2 Å². The summed E-state index contributed by atoms with van der Waals surface area (Å²) < 4.78 is 41.3. The number of hydrogen-bond donors (Lipinski definition) is 2. The van der Waals surface area contributed by atoms with Gasteiger partial charge in [0.05, 0.1) is 18.8 Å². The molecule has 0 aliphatic heterocycles. The largest absolute Gasteiger partial charge is 0.468 e. The molecule has 0 fully saturated rings. The fourth-order valence-corrected chi connectivity index (χ4v) is 1.97. The first-order valence-electron chi connectivity index (χ1n) is 8.03. The van der Waals surface area contributed by atoms with Gasteiger partial charge >= 0.3 is 6.18 Å². The molecule has 2 heterocycles. The molecule has 2 N–H and O–H groups in total. The monoisotopic (exact) mass is 495 g/mol. The fraction of sp³-hybridized carbons (Fsp3) is 0.353. The second-order valence-electron chi connectivity index (χ2n) is 5.28. The Kier molecular flexibility index (Phi) is 9.83. The van der Waals surface area contributed by atoms with E-state index in [2.05, 4.69) is 30.3 Å². The van der Waals surface area contributed by atoms with Crippen molar-refractivity contribution >= 4 is 29.9 Å². The van der Waals surface area contributed by atoms with Crippen LogP contribution in [-0.4, -0.2) is 35.3 Å². The van der Waals surface area contributed by atoms with Gasteiger partial charge in [0.15, 0.2) is 12.6 Å². The number of guanidine groups is 1. The predicted octanol–water partition coefficient (Wildman–Crippen LogP) is 3.29. The number of alkyl halides is 3. The van der Waals surface area contributed by atoms with Crippen LogP contribution in [0.5, 0.6) is 5.88 Å². The molecule has 0 bridgehead atoms. The van der Waals surface area contributed by atoms with Crippen LogP contribution < -0.4 is 15.4 Å². The lowest BCUT2D eigenvalue weighted by atomic mass is 10.3. The van der Waals surface area contributed by atoms with Crippen LogP contribution in [-0.2, 0) is 13.1 Å². The summed E-state index contributed by atoms with van der Waals surface area (Å²) >= 11 is 0. The first-order chi connectivity index (χ1) is 12.5. The van der Waals surface area contributed by atoms with E-state index in [1.807, 2.05) is 25.1 Å². The van der Waals surface area contributed by atoms with Gasteiger partial charge in [0, 0.05) is 25.0 Å². The minimum Gasteiger partial charge on any atom is -0.468 e. The van der Waals surface area contributed by atoms with Crippen LogP contribution in [0.1, 0.15) is 18.2 Å². The Bertz CT molecular complexity index is 713. The minimum atomic E-state index is -4.40. The lowest BCUT2D eigenvalue weighted by Crippen LogP contribution is -2.37. The molecule has 0 saturated heterocycles. The maximum Gasteiger partial charge on any atom is 0.422 e. The molecule has 10 heteroatoms. The maximum absolute atomic E-state index is 12.2. The van der Waals surface area contributed by atoms with Crippen LogP contribution in [0, 0.1) is 0 Å². The number of halogens is 4. The summed E-state index contributed by atoms with van der Waals surface area (Å²) in [5, 5.41) is 6.25. The van der Waals surface area contributed by atoms with Crippen LogP contribution in [0.3, 0.4) is 0 Å². The summed E-state index contributed by atoms with van der Waals surface area (Å²) in [5.74, 6) is 0.495. The number of hydrogen-bond acceptors (Lipinski definition) is 4. The second-order valence-corrected chi connectivity index (χ2v) is 5.28. The molecule has 0 saturated carbocycles. The third kappa shape index (κ3) is 9.40. The van der Waals surface area contributed by atoms with Gasteiger partial charge in [0.2, 0.25) is 5.88 Å². The van der Waals surface area contributed by atoms with E-state index < -0.39 is 12.8 Å². The van der Waals surface area contributed by atoms with Gasteiger partial charge in [-0.15, -0.1) is 24.0 Å². The van der Waals surface area contributed by atoms with Gasteiger partial charge in [0.25, 0.3) is 0 Å². The van der Waals surface area contributed by atoms with Crippen LogP contribution >= 0.6 is 24.0 Å². The molecule has 2 aromatic rings. The molecule has 0 aromatic carbocycles. The molecule has 0 unspecified atom stereocenters. The lowest BCUT2D eigenvalue weighted by molar-refractivity contribution is -0.154. The van der Waals surface area contributed by atoms with Gasteiger partial charge in [-0.2, -0.15) is 13.2 Å². The third-order valence-electron chi connectivity index (χ3n) is 3.11. The van der Waals surface area contributed by atoms with Crippen molar-refractivity contribution in [3.05, 3.63) is 54.0 Å². The van der Waals surface area contributed by atoms with E-state index >= 15 is 0 Å². The first-order valence-corrected chi connectivity index (χ1v) is 8.03. The van der Waals surface area contributed by atoms with Crippen molar-refractivity contribution in [1.82, 2.24) is 20.6 Å². The normalized spacial score (nSPS) is 11.5. The predicted molar refractivity (Wildman–Crippen MR) is 107 cm³/mol. The van der Waals surface area contributed by atoms with Crippen molar-refractivity contribution in [3.63, 3.8) is 0 Å². The molecule has 0 aliphatic carbocycles. The summed E-state index contributed by atoms with van der Waals surface area (Å²) in [6.07, 6.45) is -1.30. The molecule has 0 amide bonds. The van der Waals surface area contributed by atoms with E-state index in [1.54, 1.807) is 12.3 Å². The Morgan fingerprint density at radius 1 is 1.15 bits per heavy atom. The summed E-state index contributed by atoms with van der Waals surface area (Å²) in [4.78, 5) is 12.4. The van der Waals surface area contributed by atoms with Crippen molar-refractivity contribution < 1.29 is 17.9 Å². The van der Waals surface area contributed by atoms with Crippen molar-refractivity contribution in [2.24, 2.45) is 4.99 Å². The number of aliphatic imine (C=N–C) groups is 1. The summed E-state index contributed by atoms with van der Waals surface area (Å²) in [6, 6.07) is 8.74. The Hall–Kier alpha value is -2.11. The number of nitrogens with one attached hydrogen (secondary N) is 2. The zero-order chi connectivity index (χ0) is 18.8. The number of pyridine rings is 2. The molecule has 0 aliphatic rings. The Balaban J connectivity index is 0.00000364. The molecule has 2 rings (SSSR count). The van der Waals surface area contributed by atoms with Crippen LogP contribution in [0.2, 0.25) is 0 Å². The standard InChI is InChI=1S/C17H20F3N5O.HI/c1-2-21-16(25-11-14-5-3-4-7-22-14)24-10-13-6-8-23-15(9-13)26-12-17(18,19)20;/h3-9H,2,10-12H2,1H3,(H2,21,24,25);1H. The topological polar surface area (TPSA) is 71.4 Å². The third-order valence-corrected chi connectivity index (χ3v) is 3.11. The van der Waals surface area contributed by atoms with Crippen LogP contribution in [0.4, 0.5) is 13.2 Å². The zero-order valence-corrected chi connectivity index (χ0v) is 17.0. The summed E-state index contributed by atoms with van der Waals surface area (Å²) in [6.45, 7) is 2.00. The van der Waals surface area contributed by atoms with E-state index in [1.165, 1.54) is 12.3 Å². The molecule has 0 radical (unpaired) electrons. The molecule has 27 heavy (non-hydrogen) atoms. The average molecular weight is 495 g/mol. The maximum atomic E-state index is 12.2. The quantitative estimate of drug-likeness (QED) is 0.351. The molecular formula is C17H21F3IN5O. The van der Waals surface area contributed by atoms with Gasteiger partial charge in [-0.1, -0.05) is 6.07 Å². The van der Waals surface area contributed by atoms with Gasteiger partial charge in [-0.3, -0.25) is 4.98 Å². The van der Waals surface area contributed by atoms with Crippen LogP contribution in [0.25, 0.3) is 0 Å². The Labute approximate surface area is 172 Å². The molecule has 0 atom stereocenters. The highest BCUT2D eigenvalue weighted by Gasteiger charge is 2.28. The number of ether oxygens (including phenoxy) is 1. The molecule has 2 aromatic heterocycles. The fourth-order valence-electron chi connectivity index (χ4n) is 1.97. The van der Waals surface area contributed by atoms with Gasteiger partial charge < -0.3 is 15.4 Å². The molecule has 0 spiro atoms. The van der Waals surface area contributed by atoms with Gasteiger partial charge in [-0.25, -0.2) is 9.98 Å². The van der Waals surface area contributed by atoms with Crippen molar-refractivity contribution in [2.75, 3.05) is 13.2 Å². The molecule has 148 valence electrons. The lowest BCUT2D eigenvalue weighted by Gasteiger charge is -2.11. The van der Waals surface area contributed by atoms with E-state index in [-0.39, 0.29) is 36.4 Å². The second kappa shape index (κ2) is 11.6. The number of nitrogens with zero attached hydrogens (tertiary/aromatic N) is 3. The minimum absolute atomic E-state index is 0.